The number of ether oxygens (including phenoxy) is 1. The lowest BCUT2D eigenvalue weighted by Crippen LogP contribution is -2.17. The van der Waals surface area contributed by atoms with Gasteiger partial charge in [0.05, 0.1) is 28.4 Å². The number of esters is 1. The predicted octanol–water partition coefficient (Wildman–Crippen LogP) is 5.64. The highest BCUT2D eigenvalue weighted by molar-refractivity contribution is 8.04. The van der Waals surface area contributed by atoms with Gasteiger partial charge in [-0.2, -0.15) is 0 Å². The molecule has 2 N–H and O–H groups in total. The summed E-state index contributed by atoms with van der Waals surface area (Å²) in [5, 5.41) is 6.30. The van der Waals surface area contributed by atoms with Gasteiger partial charge in [0.1, 0.15) is 6.54 Å². The first-order valence-corrected chi connectivity index (χ1v) is 13.8. The first-order valence-electron chi connectivity index (χ1n) is 10.6. The number of thioether (sulfide) groups is 1. The van der Waals surface area contributed by atoms with Crippen LogP contribution in [0.25, 0.3) is 6.08 Å². The maximum atomic E-state index is 13.1. The molecule has 0 radical (unpaired) electrons. The molecule has 3 aromatic rings. The third-order valence-electron chi connectivity index (χ3n) is 5.27. The lowest BCUT2D eigenvalue weighted by atomic mass is 10.2. The molecule has 0 unspecified atom stereocenters. The number of amides is 1. The average molecular weight is 563 g/mol. The molecule has 1 aliphatic rings. The number of fused-ring (bicyclic) bond motifs is 1. The fourth-order valence-corrected chi connectivity index (χ4v) is 6.55. The van der Waals surface area contributed by atoms with Crippen molar-refractivity contribution in [1.82, 2.24) is 0 Å². The monoisotopic (exact) mass is 562 g/mol. The minimum atomic E-state index is -3.75. The van der Waals surface area contributed by atoms with Gasteiger partial charge in [0, 0.05) is 26.2 Å². The van der Waals surface area contributed by atoms with Crippen molar-refractivity contribution < 1.29 is 22.7 Å². The summed E-state index contributed by atoms with van der Waals surface area (Å²) in [5.74, 6) is -1.02. The summed E-state index contributed by atoms with van der Waals surface area (Å²) in [6, 6.07) is 16.5. The third-order valence-corrected chi connectivity index (χ3v) is 8.70. The molecule has 0 saturated heterocycles. The number of sulfone groups is 1. The second kappa shape index (κ2) is 11.0. The van der Waals surface area contributed by atoms with Crippen LogP contribution in [0.4, 0.5) is 11.4 Å². The maximum absolute atomic E-state index is 13.1. The van der Waals surface area contributed by atoms with E-state index in [2.05, 4.69) is 15.4 Å². The van der Waals surface area contributed by atoms with Crippen LogP contribution in [0, 0.1) is 0 Å². The molecule has 0 atom stereocenters. The summed E-state index contributed by atoms with van der Waals surface area (Å²) in [6.07, 6.45) is 1.71. The largest absolute Gasteiger partial charge is 0.468 e. The molecule has 36 heavy (non-hydrogen) atoms. The molecular formula is C25H20Cl2N2O5S2. The molecule has 0 aromatic heterocycles. The standard InChI is InChI=1S/C25H20Cl2N2O5S2/c1-34-24(30)13-28-16-7-5-15(6-8-16)11-23-25(31)29-21-10-9-17(12-22(21)35-23)36(32,33)14-18-19(26)3-2-4-20(18)27/h2-12,28H,13-14H2,1H3,(H,29,31). The third kappa shape index (κ3) is 6.04. The fourth-order valence-electron chi connectivity index (χ4n) is 3.37. The summed E-state index contributed by atoms with van der Waals surface area (Å²) < 4.78 is 30.8. The molecular weight excluding hydrogens is 543 g/mol. The lowest BCUT2D eigenvalue weighted by Gasteiger charge is -2.19. The molecule has 0 aliphatic carbocycles. The summed E-state index contributed by atoms with van der Waals surface area (Å²) in [4.78, 5) is 25.0. The van der Waals surface area contributed by atoms with Crippen LogP contribution in [-0.2, 0) is 29.9 Å². The van der Waals surface area contributed by atoms with Crippen LogP contribution in [-0.4, -0.2) is 33.9 Å². The zero-order valence-electron chi connectivity index (χ0n) is 18.9. The Morgan fingerprint density at radius 3 is 2.44 bits per heavy atom. The van der Waals surface area contributed by atoms with E-state index in [1.165, 1.54) is 31.0 Å². The van der Waals surface area contributed by atoms with Gasteiger partial charge in [-0.1, -0.05) is 53.2 Å². The van der Waals surface area contributed by atoms with Crippen molar-refractivity contribution in [2.75, 3.05) is 24.3 Å². The van der Waals surface area contributed by atoms with Crippen LogP contribution in [0.2, 0.25) is 10.0 Å². The lowest BCUT2D eigenvalue weighted by molar-refractivity contribution is -0.138. The van der Waals surface area contributed by atoms with Crippen molar-refractivity contribution in [3.05, 3.63) is 86.7 Å². The number of benzene rings is 3. The van der Waals surface area contributed by atoms with E-state index in [0.29, 0.717) is 21.1 Å². The van der Waals surface area contributed by atoms with E-state index in [0.717, 1.165) is 11.3 Å². The Morgan fingerprint density at radius 1 is 1.08 bits per heavy atom. The van der Waals surface area contributed by atoms with Crippen LogP contribution in [0.3, 0.4) is 0 Å². The van der Waals surface area contributed by atoms with Crippen LogP contribution in [0.5, 0.6) is 0 Å². The van der Waals surface area contributed by atoms with Crippen molar-refractivity contribution in [2.24, 2.45) is 0 Å². The number of halogens is 2. The molecule has 3 aromatic carbocycles. The van der Waals surface area contributed by atoms with Gasteiger partial charge in [-0.3, -0.25) is 9.59 Å². The second-order valence-corrected chi connectivity index (χ2v) is 11.6. The highest BCUT2D eigenvalue weighted by Crippen LogP contribution is 2.40. The molecule has 1 aliphatic heterocycles. The summed E-state index contributed by atoms with van der Waals surface area (Å²) in [7, 11) is -2.44. The summed E-state index contributed by atoms with van der Waals surface area (Å²) in [5.41, 5.74) is 2.35. The Hall–Kier alpha value is -2.98. The highest BCUT2D eigenvalue weighted by atomic mass is 35.5. The number of carbonyl (C=O) groups excluding carboxylic acids is 2. The second-order valence-electron chi connectivity index (χ2n) is 7.73. The minimum absolute atomic E-state index is 0.0416. The van der Waals surface area contributed by atoms with Crippen molar-refractivity contribution in [2.45, 2.75) is 15.5 Å². The smallest absolute Gasteiger partial charge is 0.325 e. The number of anilines is 2. The van der Waals surface area contributed by atoms with Gasteiger partial charge >= 0.3 is 5.97 Å². The van der Waals surface area contributed by atoms with Crippen molar-refractivity contribution in [3.63, 3.8) is 0 Å². The number of nitrogens with one attached hydrogen (secondary N) is 2. The van der Waals surface area contributed by atoms with Gasteiger partial charge in [0.2, 0.25) is 0 Å². The Morgan fingerprint density at radius 2 is 1.78 bits per heavy atom. The zero-order valence-corrected chi connectivity index (χ0v) is 22.0. The fraction of sp³-hybridized carbons (Fsp3) is 0.120. The minimum Gasteiger partial charge on any atom is -0.468 e. The van der Waals surface area contributed by atoms with E-state index < -0.39 is 9.84 Å². The molecule has 7 nitrogen and oxygen atoms in total. The first kappa shape index (κ1) is 26.1. The van der Waals surface area contributed by atoms with Gasteiger partial charge in [0.25, 0.3) is 5.91 Å². The molecule has 1 amide bonds. The Bertz CT molecular complexity index is 1450. The van der Waals surface area contributed by atoms with Crippen LogP contribution in [0.1, 0.15) is 11.1 Å². The number of carbonyl (C=O) groups is 2. The Kier molecular flexibility index (Phi) is 7.94. The average Bonchev–Trinajstić information content (AvgIpc) is 2.86. The van der Waals surface area contributed by atoms with E-state index >= 15 is 0 Å². The zero-order chi connectivity index (χ0) is 25.9. The number of hydrogen-bond acceptors (Lipinski definition) is 7. The number of methoxy groups -OCH3 is 1. The van der Waals surface area contributed by atoms with Crippen LogP contribution < -0.4 is 10.6 Å². The molecule has 0 fully saturated rings. The molecule has 0 bridgehead atoms. The van der Waals surface area contributed by atoms with Gasteiger partial charge in [-0.25, -0.2) is 8.42 Å². The Balaban J connectivity index is 1.55. The normalized spacial score (nSPS) is 14.2. The Labute approximate surface area is 222 Å². The van der Waals surface area contributed by atoms with E-state index in [-0.39, 0.29) is 39.1 Å². The van der Waals surface area contributed by atoms with E-state index in [9.17, 15) is 18.0 Å². The molecule has 4 rings (SSSR count). The van der Waals surface area contributed by atoms with Gasteiger partial charge in [0.15, 0.2) is 9.84 Å². The molecule has 0 saturated carbocycles. The molecule has 11 heteroatoms. The van der Waals surface area contributed by atoms with Gasteiger partial charge in [-0.15, -0.1) is 0 Å². The molecule has 186 valence electrons. The van der Waals surface area contributed by atoms with Crippen molar-refractivity contribution >= 4 is 74.1 Å². The quantitative estimate of drug-likeness (QED) is 0.284. The molecule has 0 spiro atoms. The van der Waals surface area contributed by atoms with Crippen LogP contribution >= 0.6 is 35.0 Å². The van der Waals surface area contributed by atoms with E-state index in [1.807, 2.05) is 0 Å². The highest BCUT2D eigenvalue weighted by Gasteiger charge is 2.25. The predicted molar refractivity (Wildman–Crippen MR) is 143 cm³/mol. The maximum Gasteiger partial charge on any atom is 0.325 e. The SMILES string of the molecule is COC(=O)CNc1ccc(C=C2Sc3cc(S(=O)(=O)Cc4c(Cl)cccc4Cl)ccc3NC2=O)cc1. The summed E-state index contributed by atoms with van der Waals surface area (Å²) >= 11 is 13.5. The van der Waals surface area contributed by atoms with Gasteiger partial charge < -0.3 is 15.4 Å². The first-order chi connectivity index (χ1) is 17.2. The summed E-state index contributed by atoms with van der Waals surface area (Å²) in [6.45, 7) is 0.0416. The number of rotatable bonds is 7. The van der Waals surface area contributed by atoms with Crippen molar-refractivity contribution in [1.29, 1.82) is 0 Å². The van der Waals surface area contributed by atoms with E-state index in [1.54, 1.807) is 54.6 Å². The topological polar surface area (TPSA) is 102 Å². The van der Waals surface area contributed by atoms with Crippen molar-refractivity contribution in [3.8, 4) is 0 Å². The molecule has 1 heterocycles. The van der Waals surface area contributed by atoms with Crippen LogP contribution in [0.15, 0.2) is 75.4 Å². The van der Waals surface area contributed by atoms with E-state index in [4.69, 9.17) is 23.2 Å². The van der Waals surface area contributed by atoms with Gasteiger partial charge in [-0.05, 0) is 54.1 Å². The number of hydrogen-bond donors (Lipinski definition) is 2.